The second-order valence-corrected chi connectivity index (χ2v) is 12.5. The number of thiophene rings is 1. The largest absolute Gasteiger partial charge is 0.380 e. The van der Waals surface area contributed by atoms with Gasteiger partial charge in [-0.05, 0) is 78.0 Å². The van der Waals surface area contributed by atoms with E-state index in [1.54, 1.807) is 44.2 Å². The minimum Gasteiger partial charge on any atom is -0.380 e. The second kappa shape index (κ2) is 9.91. The molecule has 176 valence electrons. The summed E-state index contributed by atoms with van der Waals surface area (Å²) in [6, 6.07) is 8.95. The lowest BCUT2D eigenvalue weighted by Crippen LogP contribution is -2.40. The molecular formula is C23H34N4O3S2. The molecule has 0 saturated carbocycles. The highest BCUT2D eigenvalue weighted by Crippen LogP contribution is 2.24. The Morgan fingerprint density at radius 3 is 2.50 bits per heavy atom. The third-order valence-corrected chi connectivity index (χ3v) is 7.91. The van der Waals surface area contributed by atoms with E-state index in [0.717, 1.165) is 24.4 Å². The van der Waals surface area contributed by atoms with Crippen LogP contribution in [0.3, 0.4) is 0 Å². The molecule has 1 aromatic heterocycles. The quantitative estimate of drug-likeness (QED) is 0.664. The molecule has 1 aliphatic rings. The highest BCUT2D eigenvalue weighted by Gasteiger charge is 2.25. The Morgan fingerprint density at radius 2 is 1.84 bits per heavy atom. The molecule has 0 aliphatic carbocycles. The fraction of sp³-hybridized carbons (Fsp3) is 0.522. The first-order valence-electron chi connectivity index (χ1n) is 10.9. The molecule has 32 heavy (non-hydrogen) atoms. The smallest absolute Gasteiger partial charge is 0.254 e. The van der Waals surface area contributed by atoms with E-state index in [4.69, 9.17) is 0 Å². The Balaban J connectivity index is 1.92. The standard InChI is InChI=1S/C23H34N4O3S2/c1-17-7-8-20(31-17)16-24-19-13-18(22(28)27-10-6-9-26(5)11-12-27)14-21(15-19)32(29,30)25-23(2,3)4/h7-8,13-15,24-25H,6,9-12,16H2,1-5H3. The predicted molar refractivity (Wildman–Crippen MR) is 131 cm³/mol. The minimum atomic E-state index is -3.79. The number of nitrogens with zero attached hydrogens (tertiary/aromatic N) is 2. The van der Waals surface area contributed by atoms with Crippen molar-refractivity contribution in [2.45, 2.75) is 51.1 Å². The van der Waals surface area contributed by atoms with E-state index in [9.17, 15) is 13.2 Å². The van der Waals surface area contributed by atoms with Gasteiger partial charge in [-0.25, -0.2) is 13.1 Å². The number of aryl methyl sites for hydroxylation is 1. The number of hydrogen-bond acceptors (Lipinski definition) is 6. The number of carbonyl (C=O) groups excluding carboxylic acids is 1. The molecular weight excluding hydrogens is 444 g/mol. The molecule has 1 amide bonds. The summed E-state index contributed by atoms with van der Waals surface area (Å²) in [6.45, 7) is 11.1. The number of rotatable bonds is 6. The van der Waals surface area contributed by atoms with Gasteiger partial charge in [-0.1, -0.05) is 0 Å². The van der Waals surface area contributed by atoms with E-state index in [1.165, 1.54) is 10.9 Å². The van der Waals surface area contributed by atoms with E-state index in [0.29, 0.717) is 30.9 Å². The van der Waals surface area contributed by atoms with Crippen LogP contribution < -0.4 is 10.0 Å². The molecule has 0 spiro atoms. The Hall–Kier alpha value is -1.94. The van der Waals surface area contributed by atoms with Gasteiger partial charge in [0.25, 0.3) is 5.91 Å². The predicted octanol–water partition coefficient (Wildman–Crippen LogP) is 3.52. The molecule has 1 fully saturated rings. The Kier molecular flexibility index (Phi) is 7.65. The molecule has 2 N–H and O–H groups in total. The van der Waals surface area contributed by atoms with Crippen molar-refractivity contribution in [3.63, 3.8) is 0 Å². The summed E-state index contributed by atoms with van der Waals surface area (Å²) in [4.78, 5) is 19.8. The van der Waals surface area contributed by atoms with Gasteiger partial charge in [-0.2, -0.15) is 0 Å². The van der Waals surface area contributed by atoms with Gasteiger partial charge in [0.15, 0.2) is 0 Å². The van der Waals surface area contributed by atoms with Crippen molar-refractivity contribution in [3.8, 4) is 0 Å². The molecule has 2 heterocycles. The number of carbonyl (C=O) groups is 1. The summed E-state index contributed by atoms with van der Waals surface area (Å²) in [5, 5.41) is 3.31. The van der Waals surface area contributed by atoms with Crippen molar-refractivity contribution in [1.82, 2.24) is 14.5 Å². The molecule has 2 aromatic rings. The van der Waals surface area contributed by atoms with Gasteiger partial charge in [0.1, 0.15) is 0 Å². The summed E-state index contributed by atoms with van der Waals surface area (Å²) < 4.78 is 28.8. The van der Waals surface area contributed by atoms with Gasteiger partial charge in [0.2, 0.25) is 10.0 Å². The maximum absolute atomic E-state index is 13.3. The SMILES string of the molecule is Cc1ccc(CNc2cc(C(=O)N3CCCN(C)CC3)cc(S(=O)(=O)NC(C)(C)C)c2)s1. The second-order valence-electron chi connectivity index (χ2n) is 9.42. The molecule has 9 heteroatoms. The highest BCUT2D eigenvalue weighted by atomic mass is 32.2. The third kappa shape index (κ3) is 6.78. The summed E-state index contributed by atoms with van der Waals surface area (Å²) in [7, 11) is -1.74. The van der Waals surface area contributed by atoms with Crippen LogP contribution in [0.2, 0.25) is 0 Å². The van der Waals surface area contributed by atoms with Crippen molar-refractivity contribution in [2.75, 3.05) is 38.5 Å². The first kappa shape index (κ1) is 24.7. The first-order valence-corrected chi connectivity index (χ1v) is 13.2. The Bertz CT molecular complexity index is 1060. The number of sulfonamides is 1. The van der Waals surface area contributed by atoms with Crippen LogP contribution in [0.4, 0.5) is 5.69 Å². The lowest BCUT2D eigenvalue weighted by atomic mass is 10.1. The normalized spacial score (nSPS) is 16.1. The van der Waals surface area contributed by atoms with Crippen molar-refractivity contribution >= 4 is 33.0 Å². The number of anilines is 1. The van der Waals surface area contributed by atoms with Crippen LogP contribution in [0.15, 0.2) is 35.2 Å². The average Bonchev–Trinajstić information content (AvgIpc) is 2.99. The molecule has 1 aliphatic heterocycles. The van der Waals surface area contributed by atoms with Crippen LogP contribution in [0.1, 0.15) is 47.3 Å². The number of likely N-dealkylation sites (N-methyl/N-ethyl adjacent to an activating group) is 1. The average molecular weight is 479 g/mol. The van der Waals surface area contributed by atoms with Gasteiger partial charge in [-0.15, -0.1) is 11.3 Å². The molecule has 1 aromatic carbocycles. The zero-order valence-electron chi connectivity index (χ0n) is 19.6. The lowest BCUT2D eigenvalue weighted by molar-refractivity contribution is 0.0762. The summed E-state index contributed by atoms with van der Waals surface area (Å²) >= 11 is 1.69. The maximum Gasteiger partial charge on any atom is 0.254 e. The third-order valence-electron chi connectivity index (χ3n) is 5.17. The molecule has 0 bridgehead atoms. The fourth-order valence-electron chi connectivity index (χ4n) is 3.64. The van der Waals surface area contributed by atoms with Gasteiger partial charge in [0, 0.05) is 52.7 Å². The zero-order chi connectivity index (χ0) is 23.5. The van der Waals surface area contributed by atoms with Gasteiger partial charge < -0.3 is 15.1 Å². The van der Waals surface area contributed by atoms with Crippen LogP contribution in [-0.4, -0.2) is 62.9 Å². The van der Waals surface area contributed by atoms with Gasteiger partial charge in [-0.3, -0.25) is 4.79 Å². The van der Waals surface area contributed by atoms with E-state index in [-0.39, 0.29) is 10.8 Å². The van der Waals surface area contributed by atoms with Crippen molar-refractivity contribution in [3.05, 3.63) is 45.6 Å². The first-order chi connectivity index (χ1) is 14.9. The molecule has 3 rings (SSSR count). The monoisotopic (exact) mass is 478 g/mol. The highest BCUT2D eigenvalue weighted by molar-refractivity contribution is 7.89. The fourth-order valence-corrected chi connectivity index (χ4v) is 5.96. The number of nitrogens with one attached hydrogen (secondary N) is 2. The van der Waals surface area contributed by atoms with Crippen molar-refractivity contribution in [1.29, 1.82) is 0 Å². The van der Waals surface area contributed by atoms with Crippen LogP contribution in [-0.2, 0) is 16.6 Å². The Morgan fingerprint density at radius 1 is 1.09 bits per heavy atom. The van der Waals surface area contributed by atoms with E-state index in [2.05, 4.69) is 34.0 Å². The van der Waals surface area contributed by atoms with Crippen LogP contribution >= 0.6 is 11.3 Å². The number of amides is 1. The van der Waals surface area contributed by atoms with E-state index < -0.39 is 15.6 Å². The Labute approximate surface area is 195 Å². The van der Waals surface area contributed by atoms with Crippen molar-refractivity contribution in [2.24, 2.45) is 0 Å². The summed E-state index contributed by atoms with van der Waals surface area (Å²) in [5.41, 5.74) is 0.371. The zero-order valence-corrected chi connectivity index (χ0v) is 21.2. The number of benzene rings is 1. The molecule has 0 unspecified atom stereocenters. The van der Waals surface area contributed by atoms with Crippen LogP contribution in [0.5, 0.6) is 0 Å². The van der Waals surface area contributed by atoms with Crippen molar-refractivity contribution < 1.29 is 13.2 Å². The van der Waals surface area contributed by atoms with E-state index in [1.807, 2.05) is 11.9 Å². The van der Waals surface area contributed by atoms with Gasteiger partial charge >= 0.3 is 0 Å². The van der Waals surface area contributed by atoms with Gasteiger partial charge in [0.05, 0.1) is 4.90 Å². The summed E-state index contributed by atoms with van der Waals surface area (Å²) in [6.07, 6.45) is 0.897. The number of hydrogen-bond donors (Lipinski definition) is 2. The molecule has 7 nitrogen and oxygen atoms in total. The minimum absolute atomic E-state index is 0.0927. The molecule has 1 saturated heterocycles. The maximum atomic E-state index is 13.3. The van der Waals surface area contributed by atoms with E-state index >= 15 is 0 Å². The molecule has 0 radical (unpaired) electrons. The van der Waals surface area contributed by atoms with Crippen LogP contribution in [0.25, 0.3) is 0 Å². The summed E-state index contributed by atoms with van der Waals surface area (Å²) in [5.74, 6) is -0.136. The lowest BCUT2D eigenvalue weighted by Gasteiger charge is -2.23. The molecule has 0 atom stereocenters. The van der Waals surface area contributed by atoms with Crippen LogP contribution in [0, 0.1) is 6.92 Å². The topological polar surface area (TPSA) is 81.8 Å².